The monoisotopic (exact) mass is 233 g/mol. The van der Waals surface area contributed by atoms with Crippen LogP contribution in [0, 0.1) is 5.92 Å². The first kappa shape index (κ1) is 12.1. The molecule has 2 N–H and O–H groups in total. The zero-order chi connectivity index (χ0) is 12.1. The molecule has 3 nitrogen and oxygen atoms in total. The lowest BCUT2D eigenvalue weighted by Gasteiger charge is -2.33. The van der Waals surface area contributed by atoms with Crippen molar-refractivity contribution in [2.75, 3.05) is 0 Å². The van der Waals surface area contributed by atoms with E-state index in [2.05, 4.69) is 0 Å². The van der Waals surface area contributed by atoms with Crippen molar-refractivity contribution in [1.82, 2.24) is 0 Å². The number of carbonyl (C=O) groups is 1. The molecule has 0 aromatic heterocycles. The standard InChI is InChI=1S/C14H19NO2/c15-14(16)9-13(12-7-4-8-12)17-10-11-5-2-1-3-6-11/h1-3,5-6,12-13H,4,7-10H2,(H2,15,16)/t13-/m0/s1. The molecule has 1 fully saturated rings. The Hall–Kier alpha value is -1.35. The Labute approximate surface area is 102 Å². The van der Waals surface area contributed by atoms with Gasteiger partial charge in [0.25, 0.3) is 0 Å². The van der Waals surface area contributed by atoms with Crippen LogP contribution in [0.15, 0.2) is 30.3 Å². The molecule has 17 heavy (non-hydrogen) atoms. The average molecular weight is 233 g/mol. The molecular weight excluding hydrogens is 214 g/mol. The van der Waals surface area contributed by atoms with Crippen LogP contribution in [-0.4, -0.2) is 12.0 Å². The van der Waals surface area contributed by atoms with Crippen LogP contribution in [0.2, 0.25) is 0 Å². The van der Waals surface area contributed by atoms with Crippen molar-refractivity contribution in [1.29, 1.82) is 0 Å². The van der Waals surface area contributed by atoms with E-state index in [1.54, 1.807) is 0 Å². The van der Waals surface area contributed by atoms with Gasteiger partial charge in [-0.2, -0.15) is 0 Å². The second-order valence-corrected chi connectivity index (χ2v) is 4.70. The van der Waals surface area contributed by atoms with Crippen LogP contribution in [0.1, 0.15) is 31.2 Å². The van der Waals surface area contributed by atoms with Crippen LogP contribution in [0.5, 0.6) is 0 Å². The number of rotatable bonds is 6. The number of primary amides is 1. The lowest BCUT2D eigenvalue weighted by atomic mass is 9.80. The molecular formula is C14H19NO2. The van der Waals surface area contributed by atoms with Gasteiger partial charge in [-0.05, 0) is 24.3 Å². The van der Waals surface area contributed by atoms with Gasteiger partial charge in [-0.1, -0.05) is 36.8 Å². The second kappa shape index (κ2) is 5.82. The summed E-state index contributed by atoms with van der Waals surface area (Å²) in [5.74, 6) is 0.251. The first-order valence-electron chi connectivity index (χ1n) is 6.19. The lowest BCUT2D eigenvalue weighted by Crippen LogP contribution is -2.33. The molecule has 1 amide bonds. The highest BCUT2D eigenvalue weighted by Crippen LogP contribution is 2.33. The number of carbonyl (C=O) groups excluding carboxylic acids is 1. The van der Waals surface area contributed by atoms with Gasteiger partial charge in [-0.15, -0.1) is 0 Å². The van der Waals surface area contributed by atoms with E-state index < -0.39 is 0 Å². The van der Waals surface area contributed by atoms with Crippen molar-refractivity contribution < 1.29 is 9.53 Å². The summed E-state index contributed by atoms with van der Waals surface area (Å²) in [5.41, 5.74) is 6.40. The van der Waals surface area contributed by atoms with Crippen LogP contribution in [-0.2, 0) is 16.1 Å². The Morgan fingerprint density at radius 2 is 2.06 bits per heavy atom. The van der Waals surface area contributed by atoms with E-state index in [-0.39, 0.29) is 12.0 Å². The van der Waals surface area contributed by atoms with E-state index in [0.29, 0.717) is 18.9 Å². The molecule has 0 bridgehead atoms. The highest BCUT2D eigenvalue weighted by molar-refractivity contribution is 5.74. The van der Waals surface area contributed by atoms with Gasteiger partial charge >= 0.3 is 0 Å². The first-order valence-corrected chi connectivity index (χ1v) is 6.19. The van der Waals surface area contributed by atoms with Crippen molar-refractivity contribution in [2.24, 2.45) is 11.7 Å². The van der Waals surface area contributed by atoms with Gasteiger partial charge in [0.15, 0.2) is 0 Å². The maximum absolute atomic E-state index is 11.0. The molecule has 0 spiro atoms. The fourth-order valence-corrected chi connectivity index (χ4v) is 2.15. The number of hydrogen-bond donors (Lipinski definition) is 1. The van der Waals surface area contributed by atoms with Crippen LogP contribution in [0.3, 0.4) is 0 Å². The van der Waals surface area contributed by atoms with Crippen LogP contribution in [0.4, 0.5) is 0 Å². The Balaban J connectivity index is 1.86. The SMILES string of the molecule is NC(=O)C[C@H](OCc1ccccc1)C1CCC1. The zero-order valence-electron chi connectivity index (χ0n) is 9.97. The molecule has 1 aromatic carbocycles. The van der Waals surface area contributed by atoms with Crippen molar-refractivity contribution in [3.05, 3.63) is 35.9 Å². The van der Waals surface area contributed by atoms with Gasteiger partial charge in [0.1, 0.15) is 0 Å². The Morgan fingerprint density at radius 3 is 2.59 bits per heavy atom. The fourth-order valence-electron chi connectivity index (χ4n) is 2.15. The zero-order valence-corrected chi connectivity index (χ0v) is 9.97. The number of ether oxygens (including phenoxy) is 1. The quantitative estimate of drug-likeness (QED) is 0.819. The second-order valence-electron chi connectivity index (χ2n) is 4.70. The highest BCUT2D eigenvalue weighted by atomic mass is 16.5. The van der Waals surface area contributed by atoms with Crippen LogP contribution in [0.25, 0.3) is 0 Å². The summed E-state index contributed by atoms with van der Waals surface area (Å²) < 4.78 is 5.84. The van der Waals surface area contributed by atoms with Gasteiger partial charge < -0.3 is 10.5 Å². The van der Waals surface area contributed by atoms with Gasteiger partial charge in [-0.25, -0.2) is 0 Å². The lowest BCUT2D eigenvalue weighted by molar-refractivity contribution is -0.123. The third kappa shape index (κ3) is 3.56. The van der Waals surface area contributed by atoms with E-state index >= 15 is 0 Å². The number of hydrogen-bond acceptors (Lipinski definition) is 2. The largest absolute Gasteiger partial charge is 0.373 e. The first-order chi connectivity index (χ1) is 8.25. The molecule has 0 aliphatic heterocycles. The van der Waals surface area contributed by atoms with E-state index in [4.69, 9.17) is 10.5 Å². The van der Waals surface area contributed by atoms with Crippen molar-refractivity contribution in [3.8, 4) is 0 Å². The predicted molar refractivity (Wildman–Crippen MR) is 66.2 cm³/mol. The average Bonchev–Trinajstić information content (AvgIpc) is 2.24. The van der Waals surface area contributed by atoms with Gasteiger partial charge in [0.05, 0.1) is 19.1 Å². The van der Waals surface area contributed by atoms with Crippen molar-refractivity contribution in [2.45, 2.75) is 38.4 Å². The van der Waals surface area contributed by atoms with E-state index in [0.717, 1.165) is 18.4 Å². The smallest absolute Gasteiger partial charge is 0.220 e. The summed E-state index contributed by atoms with van der Waals surface area (Å²) in [4.78, 5) is 11.0. The maximum atomic E-state index is 11.0. The van der Waals surface area contributed by atoms with Gasteiger partial charge in [0, 0.05) is 0 Å². The van der Waals surface area contributed by atoms with Gasteiger partial charge in [-0.3, -0.25) is 4.79 Å². The maximum Gasteiger partial charge on any atom is 0.220 e. The predicted octanol–water partition coefficient (Wildman–Crippen LogP) is 2.25. The molecule has 2 rings (SSSR count). The summed E-state index contributed by atoms with van der Waals surface area (Å²) in [6.45, 7) is 0.565. The van der Waals surface area contributed by atoms with E-state index in [1.165, 1.54) is 6.42 Å². The fraction of sp³-hybridized carbons (Fsp3) is 0.500. The molecule has 3 heteroatoms. The molecule has 92 valence electrons. The number of nitrogens with two attached hydrogens (primary N) is 1. The number of benzene rings is 1. The van der Waals surface area contributed by atoms with Crippen molar-refractivity contribution >= 4 is 5.91 Å². The molecule has 0 saturated heterocycles. The Bertz CT molecular complexity index is 360. The summed E-state index contributed by atoms with van der Waals surface area (Å²) in [5, 5.41) is 0. The van der Waals surface area contributed by atoms with Crippen molar-refractivity contribution in [3.63, 3.8) is 0 Å². The Kier molecular flexibility index (Phi) is 4.15. The van der Waals surface area contributed by atoms with Gasteiger partial charge in [0.2, 0.25) is 5.91 Å². The minimum absolute atomic E-state index is 0.00135. The molecule has 1 aliphatic rings. The molecule has 1 saturated carbocycles. The topological polar surface area (TPSA) is 52.3 Å². The molecule has 1 atom stereocenters. The van der Waals surface area contributed by atoms with Crippen LogP contribution < -0.4 is 5.73 Å². The van der Waals surface area contributed by atoms with E-state index in [9.17, 15) is 4.79 Å². The summed E-state index contributed by atoms with van der Waals surface area (Å²) in [7, 11) is 0. The normalized spacial score (nSPS) is 17.4. The highest BCUT2D eigenvalue weighted by Gasteiger charge is 2.29. The third-order valence-electron chi connectivity index (χ3n) is 3.38. The molecule has 0 radical (unpaired) electrons. The van der Waals surface area contributed by atoms with E-state index in [1.807, 2.05) is 30.3 Å². The summed E-state index contributed by atoms with van der Waals surface area (Å²) in [6, 6.07) is 10.0. The molecule has 0 unspecified atom stereocenters. The third-order valence-corrected chi connectivity index (χ3v) is 3.38. The molecule has 1 aromatic rings. The number of amides is 1. The molecule has 0 heterocycles. The minimum atomic E-state index is -0.269. The van der Waals surface area contributed by atoms with Crippen LogP contribution >= 0.6 is 0 Å². The Morgan fingerprint density at radius 1 is 1.35 bits per heavy atom. The summed E-state index contributed by atoms with van der Waals surface area (Å²) >= 11 is 0. The molecule has 1 aliphatic carbocycles. The minimum Gasteiger partial charge on any atom is -0.373 e. The summed E-state index contributed by atoms with van der Waals surface area (Å²) in [6.07, 6.45) is 3.91.